The highest BCUT2D eigenvalue weighted by Crippen LogP contribution is 2.37. The number of anilines is 1. The van der Waals surface area contributed by atoms with E-state index in [-0.39, 0.29) is 5.91 Å². The average Bonchev–Trinajstić information content (AvgIpc) is 3.19. The molecule has 1 aromatic carbocycles. The van der Waals surface area contributed by atoms with Crippen molar-refractivity contribution in [3.8, 4) is 0 Å². The largest absolute Gasteiger partial charge is 0.383 e. The molecule has 4 aliphatic heterocycles. The van der Waals surface area contributed by atoms with E-state index < -0.39 is 0 Å². The van der Waals surface area contributed by atoms with Crippen molar-refractivity contribution in [3.63, 3.8) is 0 Å². The number of piperidine rings is 3. The monoisotopic (exact) mass is 414 g/mol. The second-order valence-corrected chi connectivity index (χ2v) is 9.59. The number of benzene rings is 1. The number of carbonyl (C=O) groups is 1. The SMILES string of the molecule is COC[C@H]1CCCN1C[C@H]1CN2CC[C@H]1C[C@@H]2CNC(=O)c1ccc(N(C)C)cc1. The highest BCUT2D eigenvalue weighted by molar-refractivity contribution is 5.94. The Labute approximate surface area is 181 Å². The molecule has 4 saturated heterocycles. The summed E-state index contributed by atoms with van der Waals surface area (Å²) in [6, 6.07) is 8.93. The van der Waals surface area contributed by atoms with Crippen molar-refractivity contribution in [1.29, 1.82) is 0 Å². The van der Waals surface area contributed by atoms with Crippen LogP contribution in [-0.2, 0) is 4.74 Å². The second-order valence-electron chi connectivity index (χ2n) is 9.59. The predicted octanol–water partition coefficient (Wildman–Crippen LogP) is 2.30. The van der Waals surface area contributed by atoms with Gasteiger partial charge in [-0.25, -0.2) is 0 Å². The van der Waals surface area contributed by atoms with Crippen LogP contribution in [0.3, 0.4) is 0 Å². The summed E-state index contributed by atoms with van der Waals surface area (Å²) in [7, 11) is 5.84. The zero-order valence-electron chi connectivity index (χ0n) is 18.8. The molecule has 5 rings (SSSR count). The van der Waals surface area contributed by atoms with E-state index in [4.69, 9.17) is 4.74 Å². The Morgan fingerprint density at radius 2 is 1.97 bits per heavy atom. The minimum absolute atomic E-state index is 0.0407. The van der Waals surface area contributed by atoms with Crippen LogP contribution in [-0.4, -0.2) is 88.3 Å². The average molecular weight is 415 g/mol. The van der Waals surface area contributed by atoms with Crippen LogP contribution in [0, 0.1) is 11.8 Å². The molecule has 1 amide bonds. The predicted molar refractivity (Wildman–Crippen MR) is 121 cm³/mol. The smallest absolute Gasteiger partial charge is 0.251 e. The molecule has 4 fully saturated rings. The molecular formula is C24H38N4O2. The van der Waals surface area contributed by atoms with Crippen molar-refractivity contribution in [3.05, 3.63) is 29.8 Å². The van der Waals surface area contributed by atoms with Gasteiger partial charge in [-0.05, 0) is 74.9 Å². The number of likely N-dealkylation sites (tertiary alicyclic amines) is 1. The first-order valence-electron chi connectivity index (χ1n) is 11.6. The number of hydrogen-bond acceptors (Lipinski definition) is 5. The van der Waals surface area contributed by atoms with Crippen molar-refractivity contribution in [2.45, 2.75) is 37.8 Å². The number of hydrogen-bond donors (Lipinski definition) is 1. The topological polar surface area (TPSA) is 48.1 Å². The van der Waals surface area contributed by atoms with Crippen LogP contribution in [0.4, 0.5) is 5.69 Å². The van der Waals surface area contributed by atoms with Gasteiger partial charge in [0, 0.05) is 64.2 Å². The number of fused-ring (bicyclic) bond motifs is 3. The highest BCUT2D eigenvalue weighted by atomic mass is 16.5. The van der Waals surface area contributed by atoms with E-state index in [9.17, 15) is 4.79 Å². The quantitative estimate of drug-likeness (QED) is 0.707. The van der Waals surface area contributed by atoms with E-state index in [1.807, 2.05) is 50.4 Å². The van der Waals surface area contributed by atoms with E-state index in [0.717, 1.165) is 36.2 Å². The standard InChI is InChI=1S/C24H38N4O2/c1-26(2)21-8-6-18(7-9-21)24(29)25-14-23-13-19-10-12-28(23)16-20(19)15-27-11-4-5-22(27)17-30-3/h6-9,19-20,22-23H,4-5,10-17H2,1-3H3,(H,25,29)/t19-,20-,22+,23+/m0/s1. The maximum atomic E-state index is 12.6. The van der Waals surface area contributed by atoms with E-state index in [0.29, 0.717) is 12.1 Å². The lowest BCUT2D eigenvalue weighted by atomic mass is 9.75. The summed E-state index contributed by atoms with van der Waals surface area (Å²) in [6.45, 7) is 6.42. The van der Waals surface area contributed by atoms with Gasteiger partial charge < -0.3 is 15.0 Å². The summed E-state index contributed by atoms with van der Waals surface area (Å²) >= 11 is 0. The fourth-order valence-corrected chi connectivity index (χ4v) is 5.71. The van der Waals surface area contributed by atoms with Crippen LogP contribution in [0.1, 0.15) is 36.0 Å². The molecule has 0 radical (unpaired) electrons. The van der Waals surface area contributed by atoms with Gasteiger partial charge in [0.25, 0.3) is 5.91 Å². The molecule has 0 aromatic heterocycles. The summed E-state index contributed by atoms with van der Waals surface area (Å²) < 4.78 is 5.44. The van der Waals surface area contributed by atoms with Gasteiger partial charge in [0.2, 0.25) is 0 Å². The van der Waals surface area contributed by atoms with E-state index >= 15 is 0 Å². The minimum atomic E-state index is 0.0407. The zero-order chi connectivity index (χ0) is 21.1. The van der Waals surface area contributed by atoms with Crippen LogP contribution in [0.25, 0.3) is 0 Å². The van der Waals surface area contributed by atoms with Gasteiger partial charge in [0.1, 0.15) is 0 Å². The number of ether oxygens (including phenoxy) is 1. The second kappa shape index (κ2) is 9.67. The van der Waals surface area contributed by atoms with E-state index in [1.54, 1.807) is 0 Å². The molecule has 0 aliphatic carbocycles. The van der Waals surface area contributed by atoms with E-state index in [2.05, 4.69) is 15.1 Å². The van der Waals surface area contributed by atoms with Gasteiger partial charge in [-0.2, -0.15) is 0 Å². The number of rotatable bonds is 8. The van der Waals surface area contributed by atoms with Crippen LogP contribution in [0.2, 0.25) is 0 Å². The maximum absolute atomic E-state index is 12.6. The Hall–Kier alpha value is -1.63. The van der Waals surface area contributed by atoms with Crippen LogP contribution >= 0.6 is 0 Å². The van der Waals surface area contributed by atoms with Crippen molar-refractivity contribution in [1.82, 2.24) is 15.1 Å². The van der Waals surface area contributed by atoms with Gasteiger partial charge >= 0.3 is 0 Å². The molecule has 2 bridgehead atoms. The number of nitrogens with one attached hydrogen (secondary N) is 1. The van der Waals surface area contributed by atoms with Gasteiger partial charge in [0.15, 0.2) is 0 Å². The third-order valence-electron chi connectivity index (χ3n) is 7.49. The van der Waals surface area contributed by atoms with Crippen LogP contribution < -0.4 is 10.2 Å². The molecule has 6 nitrogen and oxygen atoms in total. The van der Waals surface area contributed by atoms with Crippen molar-refractivity contribution < 1.29 is 9.53 Å². The Bertz CT molecular complexity index is 708. The van der Waals surface area contributed by atoms with Gasteiger partial charge in [0.05, 0.1) is 6.61 Å². The normalized spacial score (nSPS) is 31.1. The Morgan fingerprint density at radius 1 is 1.17 bits per heavy atom. The van der Waals surface area contributed by atoms with Crippen molar-refractivity contribution >= 4 is 11.6 Å². The third-order valence-corrected chi connectivity index (χ3v) is 7.49. The molecule has 4 aliphatic rings. The molecule has 1 aromatic rings. The lowest BCUT2D eigenvalue weighted by Gasteiger charge is -2.51. The maximum Gasteiger partial charge on any atom is 0.251 e. The van der Waals surface area contributed by atoms with Crippen molar-refractivity contribution in [2.24, 2.45) is 11.8 Å². The number of carbonyl (C=O) groups excluding carboxylic acids is 1. The molecular weight excluding hydrogens is 376 g/mol. The van der Waals surface area contributed by atoms with Crippen LogP contribution in [0.5, 0.6) is 0 Å². The van der Waals surface area contributed by atoms with Gasteiger partial charge in [-0.1, -0.05) is 0 Å². The molecule has 5 atom stereocenters. The molecule has 1 N–H and O–H groups in total. The summed E-state index contributed by atoms with van der Waals surface area (Å²) in [5, 5.41) is 3.19. The number of amides is 1. The molecule has 1 unspecified atom stereocenters. The zero-order valence-corrected chi connectivity index (χ0v) is 18.8. The summed E-state index contributed by atoms with van der Waals surface area (Å²) in [4.78, 5) is 19.9. The van der Waals surface area contributed by atoms with Crippen molar-refractivity contribution in [2.75, 3.05) is 65.4 Å². The molecule has 4 heterocycles. The fourth-order valence-electron chi connectivity index (χ4n) is 5.71. The fraction of sp³-hybridized carbons (Fsp3) is 0.708. The molecule has 0 saturated carbocycles. The molecule has 6 heteroatoms. The van der Waals surface area contributed by atoms with Crippen LogP contribution in [0.15, 0.2) is 24.3 Å². The molecule has 0 spiro atoms. The lowest BCUT2D eigenvalue weighted by Crippen LogP contribution is -2.58. The first-order valence-corrected chi connectivity index (χ1v) is 11.6. The first-order chi connectivity index (χ1) is 14.5. The Morgan fingerprint density at radius 3 is 2.63 bits per heavy atom. The number of nitrogens with zero attached hydrogens (tertiary/aromatic N) is 3. The van der Waals surface area contributed by atoms with Gasteiger partial charge in [-0.3, -0.25) is 14.6 Å². The Kier molecular flexibility index (Phi) is 6.96. The Balaban J connectivity index is 1.27. The van der Waals surface area contributed by atoms with Gasteiger partial charge in [-0.15, -0.1) is 0 Å². The minimum Gasteiger partial charge on any atom is -0.383 e. The highest BCUT2D eigenvalue weighted by Gasteiger charge is 2.41. The molecule has 30 heavy (non-hydrogen) atoms. The summed E-state index contributed by atoms with van der Waals surface area (Å²) in [5.41, 5.74) is 1.85. The first kappa shape index (κ1) is 21.6. The summed E-state index contributed by atoms with van der Waals surface area (Å²) in [5.74, 6) is 1.60. The summed E-state index contributed by atoms with van der Waals surface area (Å²) in [6.07, 6.45) is 5.11. The van der Waals surface area contributed by atoms with E-state index in [1.165, 1.54) is 51.9 Å². The lowest BCUT2D eigenvalue weighted by molar-refractivity contribution is -0.0167. The number of methoxy groups -OCH3 is 1. The molecule has 166 valence electrons. The third kappa shape index (κ3) is 4.82.